The summed E-state index contributed by atoms with van der Waals surface area (Å²) in [6.07, 6.45) is 1.91. The number of nitrogens with zero attached hydrogens (tertiary/aromatic N) is 1. The van der Waals surface area contributed by atoms with Gasteiger partial charge in [0.25, 0.3) is 0 Å². The van der Waals surface area contributed by atoms with E-state index in [4.69, 9.17) is 16.3 Å². The molecule has 1 amide bonds. The first-order chi connectivity index (χ1) is 12.6. The van der Waals surface area contributed by atoms with Gasteiger partial charge in [0.1, 0.15) is 11.6 Å². The number of benzene rings is 2. The molecule has 3 aromatic rings. The molecule has 1 aromatic heterocycles. The van der Waals surface area contributed by atoms with E-state index < -0.39 is 0 Å². The number of hydrogen-bond acceptors (Lipinski definition) is 4. The van der Waals surface area contributed by atoms with E-state index in [0.29, 0.717) is 10.8 Å². The minimum absolute atomic E-state index is 0.130. The molecule has 2 N–H and O–H groups in total. The molecule has 3 rings (SSSR count). The van der Waals surface area contributed by atoms with Crippen molar-refractivity contribution in [1.29, 1.82) is 0 Å². The lowest BCUT2D eigenvalue weighted by atomic mass is 10.1. The molecule has 0 aliphatic carbocycles. The summed E-state index contributed by atoms with van der Waals surface area (Å²) in [5.41, 5.74) is 2.49. The highest BCUT2D eigenvalue weighted by Gasteiger charge is 2.06. The SMILES string of the molecule is COc1ccc(CC(=O)Nc2ccc(Nc3ccccc3Cl)cn2)cc1. The normalized spacial score (nSPS) is 10.2. The van der Waals surface area contributed by atoms with Gasteiger partial charge in [0, 0.05) is 0 Å². The van der Waals surface area contributed by atoms with E-state index >= 15 is 0 Å². The first kappa shape index (κ1) is 17.8. The molecule has 0 radical (unpaired) electrons. The molecule has 6 heteroatoms. The number of rotatable bonds is 6. The lowest BCUT2D eigenvalue weighted by Crippen LogP contribution is -2.15. The first-order valence-corrected chi connectivity index (χ1v) is 8.42. The van der Waals surface area contributed by atoms with E-state index in [0.717, 1.165) is 22.7 Å². The zero-order valence-corrected chi connectivity index (χ0v) is 15.0. The zero-order chi connectivity index (χ0) is 18.4. The van der Waals surface area contributed by atoms with Crippen LogP contribution in [0.2, 0.25) is 5.02 Å². The Morgan fingerprint density at radius 1 is 1.08 bits per heavy atom. The molecule has 0 fully saturated rings. The summed E-state index contributed by atoms with van der Waals surface area (Å²) < 4.78 is 5.11. The van der Waals surface area contributed by atoms with Gasteiger partial charge in [0.15, 0.2) is 0 Å². The largest absolute Gasteiger partial charge is 0.497 e. The van der Waals surface area contributed by atoms with Crippen LogP contribution in [-0.4, -0.2) is 18.0 Å². The Morgan fingerprint density at radius 2 is 1.85 bits per heavy atom. The Labute approximate surface area is 157 Å². The number of amides is 1. The Hall–Kier alpha value is -3.05. The molecule has 0 unspecified atom stereocenters. The summed E-state index contributed by atoms with van der Waals surface area (Å²) >= 11 is 6.12. The summed E-state index contributed by atoms with van der Waals surface area (Å²) in [6, 6.07) is 18.4. The van der Waals surface area contributed by atoms with Gasteiger partial charge in [-0.25, -0.2) is 4.98 Å². The number of anilines is 3. The monoisotopic (exact) mass is 367 g/mol. The van der Waals surface area contributed by atoms with Gasteiger partial charge >= 0.3 is 0 Å². The lowest BCUT2D eigenvalue weighted by molar-refractivity contribution is -0.115. The number of carbonyl (C=O) groups is 1. The molecule has 26 heavy (non-hydrogen) atoms. The fourth-order valence-electron chi connectivity index (χ4n) is 2.38. The number of pyridine rings is 1. The maximum Gasteiger partial charge on any atom is 0.229 e. The average Bonchev–Trinajstić information content (AvgIpc) is 2.66. The smallest absolute Gasteiger partial charge is 0.229 e. The van der Waals surface area contributed by atoms with Crippen LogP contribution in [-0.2, 0) is 11.2 Å². The van der Waals surface area contributed by atoms with E-state index in [1.165, 1.54) is 0 Å². The van der Waals surface area contributed by atoms with Crippen molar-refractivity contribution >= 4 is 34.7 Å². The maximum absolute atomic E-state index is 12.1. The third kappa shape index (κ3) is 4.74. The number of ether oxygens (including phenoxy) is 1. The van der Waals surface area contributed by atoms with Gasteiger partial charge in [-0.05, 0) is 42.0 Å². The van der Waals surface area contributed by atoms with E-state index in [9.17, 15) is 4.79 Å². The topological polar surface area (TPSA) is 63.2 Å². The summed E-state index contributed by atoms with van der Waals surface area (Å²) in [7, 11) is 1.61. The zero-order valence-electron chi connectivity index (χ0n) is 14.2. The van der Waals surface area contributed by atoms with E-state index in [2.05, 4.69) is 15.6 Å². The van der Waals surface area contributed by atoms with Crippen molar-refractivity contribution in [2.45, 2.75) is 6.42 Å². The Bertz CT molecular complexity index is 880. The van der Waals surface area contributed by atoms with Crippen LogP contribution in [0.15, 0.2) is 66.9 Å². The summed E-state index contributed by atoms with van der Waals surface area (Å²) in [6.45, 7) is 0. The minimum Gasteiger partial charge on any atom is -0.497 e. The first-order valence-electron chi connectivity index (χ1n) is 8.04. The van der Waals surface area contributed by atoms with Crippen LogP contribution >= 0.6 is 11.6 Å². The van der Waals surface area contributed by atoms with E-state index in [1.54, 1.807) is 19.4 Å². The molecule has 0 atom stereocenters. The van der Waals surface area contributed by atoms with Crippen LogP contribution in [0.1, 0.15) is 5.56 Å². The quantitative estimate of drug-likeness (QED) is 0.664. The number of methoxy groups -OCH3 is 1. The average molecular weight is 368 g/mol. The fraction of sp³-hybridized carbons (Fsp3) is 0.100. The molecule has 0 spiro atoms. The van der Waals surface area contributed by atoms with Crippen molar-refractivity contribution in [2.75, 3.05) is 17.7 Å². The highest BCUT2D eigenvalue weighted by Crippen LogP contribution is 2.24. The number of halogens is 1. The summed E-state index contributed by atoms with van der Waals surface area (Å²) in [4.78, 5) is 16.4. The summed E-state index contributed by atoms with van der Waals surface area (Å²) in [5, 5.41) is 6.60. The molecule has 5 nitrogen and oxygen atoms in total. The molecule has 0 aliphatic rings. The van der Waals surface area contributed by atoms with Gasteiger partial charge < -0.3 is 15.4 Å². The van der Waals surface area contributed by atoms with Crippen molar-refractivity contribution in [3.05, 3.63) is 77.4 Å². The Kier molecular flexibility index (Phi) is 5.71. The van der Waals surface area contributed by atoms with Crippen LogP contribution in [0.4, 0.5) is 17.2 Å². The van der Waals surface area contributed by atoms with Crippen molar-refractivity contribution in [2.24, 2.45) is 0 Å². The molecule has 2 aromatic carbocycles. The van der Waals surface area contributed by atoms with Gasteiger partial charge in [0.2, 0.25) is 5.91 Å². The van der Waals surface area contributed by atoms with Crippen LogP contribution in [0.3, 0.4) is 0 Å². The molecule has 0 saturated carbocycles. The van der Waals surface area contributed by atoms with Crippen LogP contribution < -0.4 is 15.4 Å². The van der Waals surface area contributed by atoms with Crippen molar-refractivity contribution in [3.63, 3.8) is 0 Å². The number of aromatic nitrogens is 1. The molecular weight excluding hydrogens is 350 g/mol. The summed E-state index contributed by atoms with van der Waals surface area (Å²) in [5.74, 6) is 1.13. The van der Waals surface area contributed by atoms with Crippen LogP contribution in [0.25, 0.3) is 0 Å². The molecule has 0 saturated heterocycles. The molecular formula is C20H18ClN3O2. The van der Waals surface area contributed by atoms with Crippen LogP contribution in [0, 0.1) is 0 Å². The highest BCUT2D eigenvalue weighted by atomic mass is 35.5. The van der Waals surface area contributed by atoms with Gasteiger partial charge in [-0.2, -0.15) is 0 Å². The third-order valence-electron chi connectivity index (χ3n) is 3.71. The molecule has 0 aliphatic heterocycles. The second-order valence-electron chi connectivity index (χ2n) is 5.61. The number of para-hydroxylation sites is 1. The Morgan fingerprint density at radius 3 is 2.50 bits per heavy atom. The van der Waals surface area contributed by atoms with Gasteiger partial charge in [-0.15, -0.1) is 0 Å². The van der Waals surface area contributed by atoms with Crippen molar-refractivity contribution < 1.29 is 9.53 Å². The predicted molar refractivity (Wildman–Crippen MR) is 104 cm³/mol. The second-order valence-corrected chi connectivity index (χ2v) is 6.02. The number of hydrogen-bond donors (Lipinski definition) is 2. The van der Waals surface area contributed by atoms with Crippen molar-refractivity contribution in [1.82, 2.24) is 4.98 Å². The van der Waals surface area contributed by atoms with E-state index in [-0.39, 0.29) is 12.3 Å². The third-order valence-corrected chi connectivity index (χ3v) is 4.04. The van der Waals surface area contributed by atoms with Gasteiger partial charge in [0.05, 0.1) is 36.1 Å². The lowest BCUT2D eigenvalue weighted by Gasteiger charge is -2.09. The fourth-order valence-corrected chi connectivity index (χ4v) is 2.56. The van der Waals surface area contributed by atoms with Gasteiger partial charge in [-0.1, -0.05) is 35.9 Å². The van der Waals surface area contributed by atoms with Gasteiger partial charge in [-0.3, -0.25) is 4.79 Å². The number of carbonyl (C=O) groups excluding carboxylic acids is 1. The molecule has 132 valence electrons. The molecule has 1 heterocycles. The standard InChI is InChI=1S/C20H18ClN3O2/c1-26-16-9-6-14(7-10-16)12-20(25)24-19-11-8-15(13-22-19)23-18-5-3-2-4-17(18)21/h2-11,13,23H,12H2,1H3,(H,22,24,25). The van der Waals surface area contributed by atoms with E-state index in [1.807, 2.05) is 54.6 Å². The highest BCUT2D eigenvalue weighted by molar-refractivity contribution is 6.33. The van der Waals surface area contributed by atoms with Crippen molar-refractivity contribution in [3.8, 4) is 5.75 Å². The second kappa shape index (κ2) is 8.36. The molecule has 0 bridgehead atoms. The predicted octanol–water partition coefficient (Wildman–Crippen LogP) is 4.67. The van der Waals surface area contributed by atoms with Crippen LogP contribution in [0.5, 0.6) is 5.75 Å². The minimum atomic E-state index is -0.130. The number of nitrogens with one attached hydrogen (secondary N) is 2. The Balaban J connectivity index is 1.58. The maximum atomic E-state index is 12.1.